The smallest absolute Gasteiger partial charge is 0.169 e. The second-order valence-corrected chi connectivity index (χ2v) is 2.65. The number of methoxy groups -OCH3 is 1. The molecule has 1 aromatic carbocycles. The Kier molecular flexibility index (Phi) is 3.22. The fourth-order valence-electron chi connectivity index (χ4n) is 1.07. The fraction of sp³-hybridized carbons (Fsp3) is 0.333. The number of nitrogens with two attached hydrogens (primary N) is 1. The van der Waals surface area contributed by atoms with Crippen molar-refractivity contribution in [2.24, 2.45) is 5.73 Å². The van der Waals surface area contributed by atoms with E-state index in [1.165, 1.54) is 19.2 Å². The minimum atomic E-state index is -0.699. The SMILES string of the molecule is COc1cccc([C@H](N)CO)c1F. The monoisotopic (exact) mass is 185 g/mol. The van der Waals surface area contributed by atoms with Crippen molar-refractivity contribution in [2.75, 3.05) is 13.7 Å². The van der Waals surface area contributed by atoms with Crippen LogP contribution in [0.4, 0.5) is 4.39 Å². The molecule has 1 atom stereocenters. The minimum absolute atomic E-state index is 0.140. The summed E-state index contributed by atoms with van der Waals surface area (Å²) in [7, 11) is 1.38. The van der Waals surface area contributed by atoms with Gasteiger partial charge in [-0.15, -0.1) is 0 Å². The van der Waals surface area contributed by atoms with Crippen LogP contribution in [0.1, 0.15) is 11.6 Å². The van der Waals surface area contributed by atoms with Crippen molar-refractivity contribution in [2.45, 2.75) is 6.04 Å². The maximum absolute atomic E-state index is 13.4. The van der Waals surface area contributed by atoms with Crippen molar-refractivity contribution in [3.05, 3.63) is 29.6 Å². The Hall–Kier alpha value is -1.13. The van der Waals surface area contributed by atoms with Gasteiger partial charge in [-0.1, -0.05) is 12.1 Å². The number of benzene rings is 1. The molecule has 0 heterocycles. The molecule has 0 aliphatic heterocycles. The molecule has 1 aromatic rings. The Bertz CT molecular complexity index is 291. The van der Waals surface area contributed by atoms with E-state index < -0.39 is 11.9 Å². The molecule has 0 spiro atoms. The summed E-state index contributed by atoms with van der Waals surface area (Å²) in [6, 6.07) is 3.96. The van der Waals surface area contributed by atoms with Crippen molar-refractivity contribution in [3.63, 3.8) is 0 Å². The summed E-state index contributed by atoms with van der Waals surface area (Å²) in [5.74, 6) is -0.368. The molecule has 72 valence electrons. The van der Waals surface area contributed by atoms with Gasteiger partial charge in [-0.3, -0.25) is 0 Å². The molecule has 0 aliphatic rings. The molecule has 13 heavy (non-hydrogen) atoms. The Morgan fingerprint density at radius 2 is 2.31 bits per heavy atom. The van der Waals surface area contributed by atoms with E-state index in [4.69, 9.17) is 15.6 Å². The first kappa shape index (κ1) is 9.95. The Morgan fingerprint density at radius 3 is 2.85 bits per heavy atom. The van der Waals surface area contributed by atoms with E-state index in [9.17, 15) is 4.39 Å². The summed E-state index contributed by atoms with van der Waals surface area (Å²) in [5, 5.41) is 8.74. The lowest BCUT2D eigenvalue weighted by Gasteiger charge is -2.11. The van der Waals surface area contributed by atoms with Gasteiger partial charge >= 0.3 is 0 Å². The third kappa shape index (κ3) is 1.96. The summed E-state index contributed by atoms with van der Waals surface area (Å²) in [6.45, 7) is -0.288. The van der Waals surface area contributed by atoms with Gasteiger partial charge in [0.25, 0.3) is 0 Å². The van der Waals surface area contributed by atoms with Gasteiger partial charge in [-0.25, -0.2) is 4.39 Å². The number of aliphatic hydroxyl groups is 1. The van der Waals surface area contributed by atoms with Gasteiger partial charge in [0.05, 0.1) is 19.8 Å². The summed E-state index contributed by atoms with van der Waals surface area (Å²) in [6.07, 6.45) is 0. The number of ether oxygens (including phenoxy) is 1. The van der Waals surface area contributed by atoms with Gasteiger partial charge < -0.3 is 15.6 Å². The van der Waals surface area contributed by atoms with Crippen LogP contribution in [0.15, 0.2) is 18.2 Å². The predicted molar refractivity (Wildman–Crippen MR) is 47.0 cm³/mol. The zero-order chi connectivity index (χ0) is 9.84. The lowest BCUT2D eigenvalue weighted by molar-refractivity contribution is 0.264. The minimum Gasteiger partial charge on any atom is -0.494 e. The molecule has 1 rings (SSSR count). The molecule has 0 saturated carbocycles. The molecule has 0 radical (unpaired) electrons. The number of aliphatic hydroxyl groups excluding tert-OH is 1. The van der Waals surface area contributed by atoms with E-state index >= 15 is 0 Å². The van der Waals surface area contributed by atoms with Crippen LogP contribution >= 0.6 is 0 Å². The van der Waals surface area contributed by atoms with Crippen LogP contribution in [0.5, 0.6) is 5.75 Å². The van der Waals surface area contributed by atoms with Crippen LogP contribution in [0.3, 0.4) is 0 Å². The number of rotatable bonds is 3. The zero-order valence-corrected chi connectivity index (χ0v) is 7.33. The number of halogens is 1. The predicted octanol–water partition coefficient (Wildman–Crippen LogP) is 0.826. The highest BCUT2D eigenvalue weighted by atomic mass is 19.1. The van der Waals surface area contributed by atoms with Gasteiger partial charge in [0.1, 0.15) is 0 Å². The summed E-state index contributed by atoms with van der Waals surface area (Å²) in [4.78, 5) is 0. The van der Waals surface area contributed by atoms with E-state index in [0.29, 0.717) is 0 Å². The van der Waals surface area contributed by atoms with E-state index in [1.54, 1.807) is 6.07 Å². The molecule has 0 amide bonds. The summed E-state index contributed by atoms with van der Waals surface area (Å²) >= 11 is 0. The first-order valence-corrected chi connectivity index (χ1v) is 3.89. The van der Waals surface area contributed by atoms with Crippen LogP contribution < -0.4 is 10.5 Å². The van der Waals surface area contributed by atoms with Crippen molar-refractivity contribution in [1.29, 1.82) is 0 Å². The average Bonchev–Trinajstić information content (AvgIpc) is 2.17. The van der Waals surface area contributed by atoms with Crippen LogP contribution in [-0.2, 0) is 0 Å². The van der Waals surface area contributed by atoms with Crippen molar-refractivity contribution >= 4 is 0 Å². The maximum atomic E-state index is 13.4. The molecular formula is C9H12FNO2. The van der Waals surface area contributed by atoms with Crippen molar-refractivity contribution < 1.29 is 14.2 Å². The van der Waals surface area contributed by atoms with Crippen molar-refractivity contribution in [3.8, 4) is 5.75 Å². The normalized spacial score (nSPS) is 12.6. The molecule has 0 aliphatic carbocycles. The lowest BCUT2D eigenvalue weighted by Crippen LogP contribution is -2.16. The first-order chi connectivity index (χ1) is 6.20. The fourth-order valence-corrected chi connectivity index (χ4v) is 1.07. The molecule has 0 saturated heterocycles. The molecule has 0 bridgehead atoms. The highest BCUT2D eigenvalue weighted by molar-refractivity contribution is 5.32. The zero-order valence-electron chi connectivity index (χ0n) is 7.33. The second kappa shape index (κ2) is 4.20. The van der Waals surface area contributed by atoms with Crippen LogP contribution in [0, 0.1) is 5.82 Å². The topological polar surface area (TPSA) is 55.5 Å². The Labute approximate surface area is 75.9 Å². The van der Waals surface area contributed by atoms with Gasteiger partial charge in [-0.05, 0) is 6.07 Å². The maximum Gasteiger partial charge on any atom is 0.169 e. The third-order valence-electron chi connectivity index (χ3n) is 1.81. The molecule has 0 unspecified atom stereocenters. The van der Waals surface area contributed by atoms with Crippen LogP contribution in [0.25, 0.3) is 0 Å². The highest BCUT2D eigenvalue weighted by Crippen LogP contribution is 2.23. The third-order valence-corrected chi connectivity index (χ3v) is 1.81. The molecule has 0 aromatic heterocycles. The van der Waals surface area contributed by atoms with E-state index in [1.807, 2.05) is 0 Å². The molecule has 0 fully saturated rings. The van der Waals surface area contributed by atoms with Crippen LogP contribution in [0.2, 0.25) is 0 Å². The first-order valence-electron chi connectivity index (χ1n) is 3.89. The molecule has 3 nitrogen and oxygen atoms in total. The average molecular weight is 185 g/mol. The highest BCUT2D eigenvalue weighted by Gasteiger charge is 2.13. The Balaban J connectivity index is 3.08. The van der Waals surface area contributed by atoms with E-state index in [0.717, 1.165) is 0 Å². The van der Waals surface area contributed by atoms with Gasteiger partial charge in [0.2, 0.25) is 0 Å². The molecule has 4 heteroatoms. The van der Waals surface area contributed by atoms with Gasteiger partial charge in [-0.2, -0.15) is 0 Å². The summed E-state index contributed by atoms with van der Waals surface area (Å²) < 4.78 is 18.2. The molecular weight excluding hydrogens is 173 g/mol. The quantitative estimate of drug-likeness (QED) is 0.733. The van der Waals surface area contributed by atoms with E-state index in [2.05, 4.69) is 0 Å². The standard InChI is InChI=1S/C9H12FNO2/c1-13-8-4-2-3-6(9(8)10)7(11)5-12/h2-4,7,12H,5,11H2,1H3/t7-/m1/s1. The van der Waals surface area contributed by atoms with Crippen LogP contribution in [-0.4, -0.2) is 18.8 Å². The number of hydrogen-bond donors (Lipinski definition) is 2. The molecule has 3 N–H and O–H groups in total. The van der Waals surface area contributed by atoms with Crippen molar-refractivity contribution in [1.82, 2.24) is 0 Å². The van der Waals surface area contributed by atoms with Gasteiger partial charge in [0, 0.05) is 5.56 Å². The lowest BCUT2D eigenvalue weighted by atomic mass is 10.1. The van der Waals surface area contributed by atoms with Gasteiger partial charge in [0.15, 0.2) is 11.6 Å². The largest absolute Gasteiger partial charge is 0.494 e. The summed E-state index contributed by atoms with van der Waals surface area (Å²) in [5.41, 5.74) is 5.74. The Morgan fingerprint density at radius 1 is 1.62 bits per heavy atom. The van der Waals surface area contributed by atoms with E-state index in [-0.39, 0.29) is 17.9 Å². The second-order valence-electron chi connectivity index (χ2n) is 2.65. The number of hydrogen-bond acceptors (Lipinski definition) is 3.